The molecule has 1 N–H and O–H groups in total. The fraction of sp³-hybridized carbons (Fsp3) is 0.571. The number of hydrogen-bond acceptors (Lipinski definition) is 1. The summed E-state index contributed by atoms with van der Waals surface area (Å²) in [4.78, 5) is 0. The second-order valence-corrected chi connectivity index (χ2v) is 5.04. The lowest BCUT2D eigenvalue weighted by Gasteiger charge is -2.27. The molecular formula is C14H20O. The molecule has 0 radical (unpaired) electrons. The van der Waals surface area contributed by atoms with Crippen molar-refractivity contribution in [2.24, 2.45) is 0 Å². The molecular weight excluding hydrogens is 184 g/mol. The molecule has 2 atom stereocenters. The Balaban J connectivity index is 2.45. The Bertz CT molecular complexity index is 354. The first-order valence-corrected chi connectivity index (χ1v) is 5.91. The normalized spacial score (nSPS) is 25.4. The molecule has 1 aromatic rings. The molecule has 1 heteroatoms. The zero-order chi connectivity index (χ0) is 11.0. The lowest BCUT2D eigenvalue weighted by molar-refractivity contribution is 0.151. The first-order valence-electron chi connectivity index (χ1n) is 5.91. The van der Waals surface area contributed by atoms with Gasteiger partial charge in [0.1, 0.15) is 0 Å². The minimum absolute atomic E-state index is 0.241. The average Bonchev–Trinajstić information content (AvgIpc) is 2.23. The molecule has 1 unspecified atom stereocenters. The van der Waals surface area contributed by atoms with E-state index < -0.39 is 0 Å². The van der Waals surface area contributed by atoms with Crippen LogP contribution in [0.1, 0.15) is 68.2 Å². The maximum atomic E-state index is 9.99. The van der Waals surface area contributed by atoms with Crippen molar-refractivity contribution in [1.82, 2.24) is 0 Å². The van der Waals surface area contributed by atoms with Crippen LogP contribution in [0.3, 0.4) is 0 Å². The lowest BCUT2D eigenvalue weighted by atomic mass is 9.81. The summed E-state index contributed by atoms with van der Waals surface area (Å²) in [5, 5.41) is 9.99. The molecule has 0 aromatic heterocycles. The smallest absolute Gasteiger partial charge is 0.0793 e. The standard InChI is InChI=1S/C14H20O/c1-9(2)11-5-6-12-10(3)4-7-14(15)13(12)8-11/h5-6,8-10,14-15H,4,7H2,1-3H3/t10?,14-/m1/s1. The summed E-state index contributed by atoms with van der Waals surface area (Å²) in [5.74, 6) is 1.14. The zero-order valence-electron chi connectivity index (χ0n) is 9.83. The third-order valence-electron chi connectivity index (χ3n) is 3.54. The third kappa shape index (κ3) is 1.93. The quantitative estimate of drug-likeness (QED) is 0.738. The van der Waals surface area contributed by atoms with E-state index in [2.05, 4.69) is 39.0 Å². The predicted molar refractivity (Wildman–Crippen MR) is 63.1 cm³/mol. The molecule has 82 valence electrons. The molecule has 0 saturated carbocycles. The van der Waals surface area contributed by atoms with Gasteiger partial charge in [0.05, 0.1) is 6.10 Å². The van der Waals surface area contributed by atoms with Crippen molar-refractivity contribution in [3.8, 4) is 0 Å². The first kappa shape index (κ1) is 10.7. The van der Waals surface area contributed by atoms with E-state index in [9.17, 15) is 5.11 Å². The van der Waals surface area contributed by atoms with Crippen LogP contribution in [0.25, 0.3) is 0 Å². The monoisotopic (exact) mass is 204 g/mol. The summed E-state index contributed by atoms with van der Waals surface area (Å²) in [6.07, 6.45) is 1.78. The van der Waals surface area contributed by atoms with Gasteiger partial charge in [0.2, 0.25) is 0 Å². The van der Waals surface area contributed by atoms with Gasteiger partial charge in [-0.1, -0.05) is 39.0 Å². The van der Waals surface area contributed by atoms with Crippen LogP contribution in [0, 0.1) is 0 Å². The fourth-order valence-electron chi connectivity index (χ4n) is 2.41. The molecule has 0 bridgehead atoms. The van der Waals surface area contributed by atoms with Crippen LogP contribution in [0.4, 0.5) is 0 Å². The van der Waals surface area contributed by atoms with Gasteiger partial charge in [-0.2, -0.15) is 0 Å². The number of benzene rings is 1. The third-order valence-corrected chi connectivity index (χ3v) is 3.54. The molecule has 15 heavy (non-hydrogen) atoms. The van der Waals surface area contributed by atoms with Crippen LogP contribution >= 0.6 is 0 Å². The van der Waals surface area contributed by atoms with Crippen LogP contribution < -0.4 is 0 Å². The largest absolute Gasteiger partial charge is 0.388 e. The van der Waals surface area contributed by atoms with E-state index in [-0.39, 0.29) is 6.10 Å². The number of aliphatic hydroxyl groups excluding tert-OH is 1. The van der Waals surface area contributed by atoms with E-state index >= 15 is 0 Å². The van der Waals surface area contributed by atoms with E-state index in [0.717, 1.165) is 12.8 Å². The summed E-state index contributed by atoms with van der Waals surface area (Å²) in [7, 11) is 0. The minimum atomic E-state index is -0.241. The van der Waals surface area contributed by atoms with Gasteiger partial charge in [0.15, 0.2) is 0 Å². The molecule has 0 heterocycles. The highest BCUT2D eigenvalue weighted by molar-refractivity contribution is 5.38. The Morgan fingerprint density at radius 3 is 2.60 bits per heavy atom. The van der Waals surface area contributed by atoms with E-state index in [1.165, 1.54) is 16.7 Å². The summed E-state index contributed by atoms with van der Waals surface area (Å²) >= 11 is 0. The molecule has 1 aliphatic rings. The number of aliphatic hydroxyl groups is 1. The summed E-state index contributed by atoms with van der Waals surface area (Å²) in [6.45, 7) is 6.64. The molecule has 0 saturated heterocycles. The Hall–Kier alpha value is -0.820. The van der Waals surface area contributed by atoms with E-state index in [4.69, 9.17) is 0 Å². The summed E-state index contributed by atoms with van der Waals surface area (Å²) in [5.41, 5.74) is 3.85. The highest BCUT2D eigenvalue weighted by Crippen LogP contribution is 2.38. The van der Waals surface area contributed by atoms with Crippen LogP contribution in [-0.4, -0.2) is 5.11 Å². The second kappa shape index (κ2) is 3.97. The molecule has 0 spiro atoms. The van der Waals surface area contributed by atoms with Gasteiger partial charge >= 0.3 is 0 Å². The molecule has 0 fully saturated rings. The maximum Gasteiger partial charge on any atom is 0.0793 e. The Kier molecular flexibility index (Phi) is 2.83. The van der Waals surface area contributed by atoms with Gasteiger partial charge in [-0.25, -0.2) is 0 Å². The highest BCUT2D eigenvalue weighted by atomic mass is 16.3. The zero-order valence-corrected chi connectivity index (χ0v) is 9.83. The molecule has 2 rings (SSSR count). The van der Waals surface area contributed by atoms with Gasteiger partial charge in [0.25, 0.3) is 0 Å². The van der Waals surface area contributed by atoms with Crippen molar-refractivity contribution >= 4 is 0 Å². The minimum Gasteiger partial charge on any atom is -0.388 e. The molecule has 1 aliphatic carbocycles. The average molecular weight is 204 g/mol. The van der Waals surface area contributed by atoms with Crippen LogP contribution in [0.15, 0.2) is 18.2 Å². The highest BCUT2D eigenvalue weighted by Gasteiger charge is 2.23. The molecule has 1 nitrogen and oxygen atoms in total. The van der Waals surface area contributed by atoms with Crippen molar-refractivity contribution in [3.63, 3.8) is 0 Å². The molecule has 0 amide bonds. The van der Waals surface area contributed by atoms with Gasteiger partial charge in [-0.15, -0.1) is 0 Å². The number of fused-ring (bicyclic) bond motifs is 1. The van der Waals surface area contributed by atoms with E-state index in [1.54, 1.807) is 0 Å². The van der Waals surface area contributed by atoms with Gasteiger partial charge < -0.3 is 5.11 Å². The fourth-order valence-corrected chi connectivity index (χ4v) is 2.41. The SMILES string of the molecule is CC(C)c1ccc2c(c1)[C@H](O)CCC2C. The summed E-state index contributed by atoms with van der Waals surface area (Å²) < 4.78 is 0. The molecule has 1 aromatic carbocycles. The Labute approximate surface area is 92.1 Å². The van der Waals surface area contributed by atoms with Gasteiger partial charge in [0, 0.05) is 0 Å². The summed E-state index contributed by atoms with van der Waals surface area (Å²) in [6, 6.07) is 6.61. The Morgan fingerprint density at radius 2 is 1.93 bits per heavy atom. The van der Waals surface area contributed by atoms with Crippen molar-refractivity contribution in [2.45, 2.75) is 51.6 Å². The molecule has 0 aliphatic heterocycles. The van der Waals surface area contributed by atoms with Crippen molar-refractivity contribution in [1.29, 1.82) is 0 Å². The topological polar surface area (TPSA) is 20.2 Å². The first-order chi connectivity index (χ1) is 7.09. The van der Waals surface area contributed by atoms with Gasteiger partial charge in [-0.05, 0) is 41.4 Å². The Morgan fingerprint density at radius 1 is 1.20 bits per heavy atom. The van der Waals surface area contributed by atoms with E-state index in [1.807, 2.05) is 0 Å². The van der Waals surface area contributed by atoms with E-state index in [0.29, 0.717) is 11.8 Å². The number of rotatable bonds is 1. The lowest BCUT2D eigenvalue weighted by Crippen LogP contribution is -2.12. The van der Waals surface area contributed by atoms with Crippen LogP contribution in [0.5, 0.6) is 0 Å². The van der Waals surface area contributed by atoms with Crippen molar-refractivity contribution in [2.75, 3.05) is 0 Å². The maximum absolute atomic E-state index is 9.99. The predicted octanol–water partition coefficient (Wildman–Crippen LogP) is 3.74. The van der Waals surface area contributed by atoms with Crippen molar-refractivity contribution in [3.05, 3.63) is 34.9 Å². The second-order valence-electron chi connectivity index (χ2n) is 5.04. The van der Waals surface area contributed by atoms with Gasteiger partial charge in [-0.3, -0.25) is 0 Å². The van der Waals surface area contributed by atoms with Crippen LogP contribution in [0.2, 0.25) is 0 Å². The van der Waals surface area contributed by atoms with Crippen LogP contribution in [-0.2, 0) is 0 Å². The number of hydrogen-bond donors (Lipinski definition) is 1. The van der Waals surface area contributed by atoms with Crippen molar-refractivity contribution < 1.29 is 5.11 Å².